The molecule has 0 amide bonds. The molecule has 1 saturated heterocycles. The molecule has 1 aromatic carbocycles. The van der Waals surface area contributed by atoms with E-state index in [0.29, 0.717) is 0 Å². The van der Waals surface area contributed by atoms with Crippen molar-refractivity contribution in [2.45, 2.75) is 57.9 Å². The Morgan fingerprint density at radius 2 is 1.51 bits per heavy atom. The number of benzene rings is 1. The molecule has 0 aromatic heterocycles. The van der Waals surface area contributed by atoms with Crippen LogP contribution in [0.2, 0.25) is 5.02 Å². The fraction of sp³-hybridized carbons (Fsp3) is 0.500. The van der Waals surface area contributed by atoms with E-state index in [4.69, 9.17) is 40.0 Å². The van der Waals surface area contributed by atoms with Crippen LogP contribution in [-0.4, -0.2) is 73.1 Å². The second kappa shape index (κ2) is 11.5. The number of halogens is 1. The average molecular weight is 517 g/mol. The van der Waals surface area contributed by atoms with E-state index in [-0.39, 0.29) is 16.1 Å². The van der Waals surface area contributed by atoms with E-state index in [2.05, 4.69) is 0 Å². The Labute approximate surface area is 205 Å². The quantitative estimate of drug-likeness (QED) is 0.393. The van der Waals surface area contributed by atoms with Crippen molar-refractivity contribution in [2.24, 2.45) is 0 Å². The maximum Gasteiger partial charge on any atom is 0.337 e. The first-order chi connectivity index (χ1) is 16.3. The molecule has 192 valence electrons. The number of hydrogen-bond acceptors (Lipinski definition) is 11. The highest BCUT2D eigenvalue weighted by atomic mass is 35.5. The lowest BCUT2D eigenvalue weighted by molar-refractivity contribution is -0.367. The first-order valence-electron chi connectivity index (χ1n) is 10.2. The fourth-order valence-electron chi connectivity index (χ4n) is 3.69. The van der Waals surface area contributed by atoms with E-state index in [9.17, 15) is 29.1 Å². The van der Waals surface area contributed by atoms with E-state index >= 15 is 0 Å². The predicted octanol–water partition coefficient (Wildman–Crippen LogP) is 1.59. The van der Waals surface area contributed by atoms with E-state index in [1.807, 2.05) is 0 Å². The van der Waals surface area contributed by atoms with Crippen molar-refractivity contribution in [3.8, 4) is 0 Å². The number of ether oxygens (including phenoxy) is 6. The highest BCUT2D eigenvalue weighted by molar-refractivity contribution is 6.33. The Bertz CT molecular complexity index is 1010. The molecule has 1 fully saturated rings. The molecule has 1 aromatic rings. The van der Waals surface area contributed by atoms with Crippen LogP contribution >= 0.6 is 11.6 Å². The Morgan fingerprint density at radius 3 is 2.00 bits per heavy atom. The lowest BCUT2D eigenvalue weighted by atomic mass is 9.86. The second-order valence-electron chi connectivity index (χ2n) is 7.51. The molecule has 13 heteroatoms. The molecular formula is C22H25ClO12. The smallest absolute Gasteiger partial charge is 0.337 e. The van der Waals surface area contributed by atoms with Crippen molar-refractivity contribution in [3.05, 3.63) is 34.3 Å². The van der Waals surface area contributed by atoms with E-state index in [0.717, 1.165) is 33.8 Å². The Morgan fingerprint density at radius 1 is 0.943 bits per heavy atom. The highest BCUT2D eigenvalue weighted by Gasteiger charge is 2.61. The van der Waals surface area contributed by atoms with Crippen molar-refractivity contribution < 1.29 is 57.5 Å². The second-order valence-corrected chi connectivity index (χ2v) is 7.92. The van der Waals surface area contributed by atoms with Gasteiger partial charge in [0.2, 0.25) is 11.9 Å². The summed E-state index contributed by atoms with van der Waals surface area (Å²) in [5, 5.41) is 9.43. The van der Waals surface area contributed by atoms with Crippen molar-refractivity contribution in [3.63, 3.8) is 0 Å². The number of carbonyl (C=O) groups is 5. The summed E-state index contributed by atoms with van der Waals surface area (Å²) in [6.45, 7) is 3.89. The minimum Gasteiger partial charge on any atom is -0.478 e. The van der Waals surface area contributed by atoms with Gasteiger partial charge in [-0.15, -0.1) is 0 Å². The summed E-state index contributed by atoms with van der Waals surface area (Å²) in [7, 11) is 1.17. The fourth-order valence-corrected chi connectivity index (χ4v) is 3.88. The number of carboxylic acids is 1. The molecule has 1 aliphatic rings. The Kier molecular flexibility index (Phi) is 9.18. The van der Waals surface area contributed by atoms with E-state index < -0.39 is 66.7 Å². The minimum atomic E-state index is -2.11. The molecule has 35 heavy (non-hydrogen) atoms. The van der Waals surface area contributed by atoms with E-state index in [1.54, 1.807) is 0 Å². The molecule has 5 atom stereocenters. The van der Waals surface area contributed by atoms with Gasteiger partial charge in [0.15, 0.2) is 12.2 Å². The zero-order chi connectivity index (χ0) is 26.5. The van der Waals surface area contributed by atoms with E-state index in [1.165, 1.54) is 19.2 Å². The van der Waals surface area contributed by atoms with Crippen LogP contribution in [-0.2, 0) is 53.4 Å². The Hall–Kier alpha value is -3.22. The molecule has 2 rings (SSSR count). The van der Waals surface area contributed by atoms with Crippen molar-refractivity contribution in [1.82, 2.24) is 0 Å². The van der Waals surface area contributed by atoms with Crippen LogP contribution in [0.25, 0.3) is 0 Å². The predicted molar refractivity (Wildman–Crippen MR) is 115 cm³/mol. The normalized spacial score (nSPS) is 25.8. The van der Waals surface area contributed by atoms with Gasteiger partial charge in [-0.2, -0.15) is 0 Å². The van der Waals surface area contributed by atoms with Gasteiger partial charge in [-0.25, -0.2) is 4.79 Å². The van der Waals surface area contributed by atoms with Gasteiger partial charge in [-0.05, 0) is 12.1 Å². The maximum absolute atomic E-state index is 12.1. The van der Waals surface area contributed by atoms with Crippen LogP contribution in [0.5, 0.6) is 0 Å². The van der Waals surface area contributed by atoms with Crippen molar-refractivity contribution in [2.75, 3.05) is 13.7 Å². The molecule has 1 N–H and O–H groups in total. The van der Waals surface area contributed by atoms with Crippen LogP contribution in [0.3, 0.4) is 0 Å². The third-order valence-corrected chi connectivity index (χ3v) is 5.27. The monoisotopic (exact) mass is 516 g/mol. The van der Waals surface area contributed by atoms with Gasteiger partial charge in [-0.1, -0.05) is 17.7 Å². The Balaban J connectivity index is 2.79. The van der Waals surface area contributed by atoms with Gasteiger partial charge in [0.05, 0.1) is 10.6 Å². The minimum absolute atomic E-state index is 0.0132. The molecule has 1 aliphatic heterocycles. The number of carboxylic acid groups (broad SMARTS) is 1. The molecule has 0 bridgehead atoms. The maximum atomic E-state index is 12.1. The summed E-state index contributed by atoms with van der Waals surface area (Å²) in [4.78, 5) is 59.1. The van der Waals surface area contributed by atoms with Crippen LogP contribution in [0.4, 0.5) is 0 Å². The summed E-state index contributed by atoms with van der Waals surface area (Å²) in [6.07, 6.45) is -5.83. The topological polar surface area (TPSA) is 161 Å². The summed E-state index contributed by atoms with van der Waals surface area (Å²) in [6, 6.07) is 3.74. The van der Waals surface area contributed by atoms with Gasteiger partial charge < -0.3 is 33.5 Å². The third-order valence-electron chi connectivity index (χ3n) is 4.94. The molecule has 0 radical (unpaired) electrons. The summed E-state index contributed by atoms with van der Waals surface area (Å²) in [5.41, 5.74) is -0.312. The molecule has 0 spiro atoms. The average Bonchev–Trinajstić information content (AvgIpc) is 2.74. The lowest BCUT2D eigenvalue weighted by Gasteiger charge is -2.50. The number of rotatable bonds is 8. The number of aromatic carboxylic acids is 1. The zero-order valence-corrected chi connectivity index (χ0v) is 20.3. The number of methoxy groups -OCH3 is 1. The zero-order valence-electron chi connectivity index (χ0n) is 19.6. The summed E-state index contributed by atoms with van der Waals surface area (Å²) < 4.78 is 32.9. The van der Waals surface area contributed by atoms with Crippen molar-refractivity contribution in [1.29, 1.82) is 0 Å². The molecule has 1 unspecified atom stereocenters. The molecule has 1 heterocycles. The SMILES string of the molecule is COC1(c2ccc(Cl)c(C(=O)O)c2)O[C@H](COC(C)=O)[C@@H](OC(C)=O)[C@H](OC(C)=O)[C@@H]1OC(C)=O. The first-order valence-corrected chi connectivity index (χ1v) is 10.6. The standard InChI is InChI=1S/C22H25ClO12/c1-10(24)31-9-17-18(32-11(2)25)19(33-12(3)26)20(34-13(4)27)22(30-5,35-17)14-6-7-16(23)15(8-14)21(28)29/h6-8,17-20H,9H2,1-5H3,(H,28,29)/t17-,18-,19+,20+,22?/m1/s1. The summed E-state index contributed by atoms with van der Waals surface area (Å²) >= 11 is 6.00. The summed E-state index contributed by atoms with van der Waals surface area (Å²) in [5.74, 6) is -6.64. The molecule has 0 saturated carbocycles. The number of carbonyl (C=O) groups excluding carboxylic acids is 4. The third kappa shape index (κ3) is 6.47. The van der Waals surface area contributed by atoms with Gasteiger partial charge >= 0.3 is 29.8 Å². The largest absolute Gasteiger partial charge is 0.478 e. The molecular weight excluding hydrogens is 492 g/mol. The van der Waals surface area contributed by atoms with Crippen molar-refractivity contribution >= 4 is 41.4 Å². The van der Waals surface area contributed by atoms with Gasteiger partial charge in [0.1, 0.15) is 12.7 Å². The van der Waals surface area contributed by atoms with Gasteiger partial charge in [-0.3, -0.25) is 19.2 Å². The molecule has 12 nitrogen and oxygen atoms in total. The van der Waals surface area contributed by atoms with Crippen LogP contribution in [0, 0.1) is 0 Å². The number of esters is 4. The highest BCUT2D eigenvalue weighted by Crippen LogP contribution is 2.44. The van der Waals surface area contributed by atoms with Gasteiger partial charge in [0, 0.05) is 40.4 Å². The van der Waals surface area contributed by atoms with Crippen LogP contribution in [0.1, 0.15) is 43.6 Å². The lowest BCUT2D eigenvalue weighted by Crippen LogP contribution is -2.67. The molecule has 0 aliphatic carbocycles. The van der Waals surface area contributed by atoms with Crippen LogP contribution < -0.4 is 0 Å². The number of hydrogen-bond donors (Lipinski definition) is 1. The van der Waals surface area contributed by atoms with Crippen LogP contribution in [0.15, 0.2) is 18.2 Å². The van der Waals surface area contributed by atoms with Gasteiger partial charge in [0.25, 0.3) is 0 Å². The first kappa shape index (κ1) is 28.0.